The molecule has 3 aliphatic rings. The van der Waals surface area contributed by atoms with Crippen LogP contribution in [0.4, 0.5) is 4.79 Å². The Hall–Kier alpha value is -2.63. The van der Waals surface area contributed by atoms with E-state index in [0.29, 0.717) is 45.7 Å². The second-order valence-corrected chi connectivity index (χ2v) is 8.94. The Bertz CT molecular complexity index is 879. The van der Waals surface area contributed by atoms with E-state index in [1.165, 1.54) is 11.1 Å². The number of nitrogens with one attached hydrogen (secondary N) is 1. The van der Waals surface area contributed by atoms with Gasteiger partial charge in [-0.2, -0.15) is 5.26 Å². The number of likely N-dealkylation sites (tertiary alicyclic amines) is 1. The molecule has 2 amide bonds. The number of morpholine rings is 1. The molecule has 3 unspecified atom stereocenters. The number of carbonyl (C=O) groups is 2. The predicted molar refractivity (Wildman–Crippen MR) is 118 cm³/mol. The van der Waals surface area contributed by atoms with E-state index in [4.69, 9.17) is 9.47 Å². The quantitative estimate of drug-likeness (QED) is 0.728. The molecule has 3 atom stereocenters. The van der Waals surface area contributed by atoms with Crippen molar-refractivity contribution in [3.63, 3.8) is 0 Å². The van der Waals surface area contributed by atoms with Crippen LogP contribution in [0.3, 0.4) is 0 Å². The van der Waals surface area contributed by atoms with Gasteiger partial charge in [0.05, 0.1) is 19.3 Å². The third kappa shape index (κ3) is 4.89. The van der Waals surface area contributed by atoms with Crippen LogP contribution in [0.25, 0.3) is 0 Å². The van der Waals surface area contributed by atoms with Gasteiger partial charge in [0.1, 0.15) is 5.54 Å². The SMILES string of the molecule is CCN1CCC(C#N)(NC(=O)C(CC2CCc3ccccc32)OC(=O)N2CCOCC2)C1. The molecule has 0 spiro atoms. The van der Waals surface area contributed by atoms with Crippen LogP contribution >= 0.6 is 0 Å². The lowest BCUT2D eigenvalue weighted by atomic mass is 9.93. The first-order valence-electron chi connectivity index (χ1n) is 11.6. The van der Waals surface area contributed by atoms with Crippen molar-refractivity contribution in [3.8, 4) is 6.07 Å². The van der Waals surface area contributed by atoms with Gasteiger partial charge in [-0.25, -0.2) is 4.79 Å². The number of hydrogen-bond donors (Lipinski definition) is 1. The Kier molecular flexibility index (Phi) is 6.97. The normalized spacial score (nSPS) is 26.2. The second-order valence-electron chi connectivity index (χ2n) is 8.94. The number of rotatable bonds is 6. The summed E-state index contributed by atoms with van der Waals surface area (Å²) in [7, 11) is 0. The van der Waals surface area contributed by atoms with Crippen molar-refractivity contribution < 1.29 is 19.1 Å². The van der Waals surface area contributed by atoms with Crippen LogP contribution in [0, 0.1) is 11.3 Å². The van der Waals surface area contributed by atoms with E-state index in [1.807, 2.05) is 19.1 Å². The summed E-state index contributed by atoms with van der Waals surface area (Å²) < 4.78 is 11.1. The third-order valence-electron chi connectivity index (χ3n) is 6.93. The zero-order valence-electron chi connectivity index (χ0n) is 18.7. The molecule has 0 aromatic heterocycles. The van der Waals surface area contributed by atoms with E-state index in [-0.39, 0.29) is 11.8 Å². The minimum absolute atomic E-state index is 0.146. The van der Waals surface area contributed by atoms with Gasteiger partial charge < -0.3 is 24.6 Å². The van der Waals surface area contributed by atoms with Crippen LogP contribution < -0.4 is 5.32 Å². The van der Waals surface area contributed by atoms with Crippen molar-refractivity contribution in [3.05, 3.63) is 35.4 Å². The Labute approximate surface area is 189 Å². The number of aryl methyl sites for hydroxylation is 1. The van der Waals surface area contributed by atoms with Crippen LogP contribution in [0.1, 0.15) is 43.2 Å². The Morgan fingerprint density at radius 1 is 1.31 bits per heavy atom. The molecule has 0 radical (unpaired) electrons. The summed E-state index contributed by atoms with van der Waals surface area (Å²) in [6.45, 7) is 5.95. The molecule has 1 aliphatic carbocycles. The molecule has 4 rings (SSSR count). The molecule has 2 heterocycles. The van der Waals surface area contributed by atoms with E-state index < -0.39 is 17.7 Å². The lowest BCUT2D eigenvalue weighted by Gasteiger charge is -2.30. The molecule has 2 aliphatic heterocycles. The average Bonchev–Trinajstić information content (AvgIpc) is 3.43. The van der Waals surface area contributed by atoms with Crippen LogP contribution in [0.2, 0.25) is 0 Å². The summed E-state index contributed by atoms with van der Waals surface area (Å²) in [6.07, 6.45) is 1.43. The molecule has 0 bridgehead atoms. The second kappa shape index (κ2) is 9.88. The van der Waals surface area contributed by atoms with Gasteiger partial charge in [-0.05, 0) is 42.9 Å². The molecule has 8 heteroatoms. The van der Waals surface area contributed by atoms with Gasteiger partial charge in [-0.1, -0.05) is 31.2 Å². The summed E-state index contributed by atoms with van der Waals surface area (Å²) in [4.78, 5) is 29.9. The molecular weight excluding hydrogens is 408 g/mol. The summed E-state index contributed by atoms with van der Waals surface area (Å²) >= 11 is 0. The van der Waals surface area contributed by atoms with Crippen molar-refractivity contribution in [1.29, 1.82) is 5.26 Å². The van der Waals surface area contributed by atoms with Gasteiger partial charge in [-0.15, -0.1) is 0 Å². The van der Waals surface area contributed by atoms with Gasteiger partial charge in [0.25, 0.3) is 5.91 Å². The van der Waals surface area contributed by atoms with Crippen molar-refractivity contribution in [2.75, 3.05) is 45.9 Å². The molecule has 1 N–H and O–H groups in total. The number of nitriles is 1. The van der Waals surface area contributed by atoms with Gasteiger partial charge in [0, 0.05) is 32.6 Å². The maximum Gasteiger partial charge on any atom is 0.410 e. The van der Waals surface area contributed by atoms with Gasteiger partial charge >= 0.3 is 6.09 Å². The number of fused-ring (bicyclic) bond motifs is 1. The van der Waals surface area contributed by atoms with Crippen LogP contribution in [0.15, 0.2) is 24.3 Å². The van der Waals surface area contributed by atoms with Crippen molar-refractivity contribution in [2.24, 2.45) is 0 Å². The Morgan fingerprint density at radius 2 is 2.09 bits per heavy atom. The fourth-order valence-electron chi connectivity index (χ4n) is 5.00. The number of likely N-dealkylation sites (N-methyl/N-ethyl adjacent to an activating group) is 1. The van der Waals surface area contributed by atoms with Crippen molar-refractivity contribution >= 4 is 12.0 Å². The fourth-order valence-corrected chi connectivity index (χ4v) is 5.00. The third-order valence-corrected chi connectivity index (χ3v) is 6.93. The lowest BCUT2D eigenvalue weighted by molar-refractivity contribution is -0.132. The molecule has 2 fully saturated rings. The van der Waals surface area contributed by atoms with E-state index in [2.05, 4.69) is 28.4 Å². The van der Waals surface area contributed by atoms with Gasteiger partial charge in [-0.3, -0.25) is 4.79 Å². The largest absolute Gasteiger partial charge is 0.436 e. The number of nitrogens with zero attached hydrogens (tertiary/aromatic N) is 3. The number of carbonyl (C=O) groups excluding carboxylic acids is 2. The van der Waals surface area contributed by atoms with Gasteiger partial charge in [0.15, 0.2) is 6.10 Å². The molecule has 0 saturated carbocycles. The molecular formula is C24H32N4O4. The number of hydrogen-bond acceptors (Lipinski definition) is 6. The zero-order valence-corrected chi connectivity index (χ0v) is 18.7. The van der Waals surface area contributed by atoms with E-state index in [0.717, 1.165) is 25.9 Å². The van der Waals surface area contributed by atoms with Crippen molar-refractivity contribution in [1.82, 2.24) is 15.1 Å². The average molecular weight is 441 g/mol. The van der Waals surface area contributed by atoms with Crippen molar-refractivity contribution in [2.45, 2.75) is 50.2 Å². The van der Waals surface area contributed by atoms with Crippen LogP contribution in [-0.4, -0.2) is 79.4 Å². The van der Waals surface area contributed by atoms with Gasteiger partial charge in [0.2, 0.25) is 0 Å². The Morgan fingerprint density at radius 3 is 2.81 bits per heavy atom. The zero-order chi connectivity index (χ0) is 22.6. The molecule has 1 aromatic carbocycles. The van der Waals surface area contributed by atoms with E-state index in [9.17, 15) is 14.9 Å². The lowest BCUT2D eigenvalue weighted by Crippen LogP contribution is -2.54. The standard InChI is InChI=1S/C24H32N4O4/c1-2-27-10-9-24(16-25,17-27)26-22(29)21(32-23(30)28-11-13-31-14-12-28)15-19-8-7-18-5-3-4-6-20(18)19/h3-6,19,21H,2,7-15,17H2,1H3,(H,26,29). The molecule has 32 heavy (non-hydrogen) atoms. The Balaban J connectivity index is 1.49. The highest BCUT2D eigenvalue weighted by molar-refractivity contribution is 5.84. The topological polar surface area (TPSA) is 94.9 Å². The highest BCUT2D eigenvalue weighted by atomic mass is 16.6. The summed E-state index contributed by atoms with van der Waals surface area (Å²) in [5, 5.41) is 12.8. The summed E-state index contributed by atoms with van der Waals surface area (Å²) in [5.41, 5.74) is 1.57. The predicted octanol–water partition coefficient (Wildman–Crippen LogP) is 2.05. The highest BCUT2D eigenvalue weighted by Gasteiger charge is 2.42. The first kappa shape index (κ1) is 22.6. The smallest absolute Gasteiger partial charge is 0.410 e. The highest BCUT2D eigenvalue weighted by Crippen LogP contribution is 2.37. The minimum Gasteiger partial charge on any atom is -0.436 e. The molecule has 2 saturated heterocycles. The maximum absolute atomic E-state index is 13.4. The molecule has 172 valence electrons. The first-order valence-corrected chi connectivity index (χ1v) is 11.6. The molecule has 1 aromatic rings. The summed E-state index contributed by atoms with van der Waals surface area (Å²) in [6, 6.07) is 10.6. The monoisotopic (exact) mass is 440 g/mol. The van der Waals surface area contributed by atoms with E-state index in [1.54, 1.807) is 4.90 Å². The van der Waals surface area contributed by atoms with E-state index >= 15 is 0 Å². The number of amides is 2. The first-order chi connectivity index (χ1) is 15.5. The molecule has 8 nitrogen and oxygen atoms in total. The minimum atomic E-state index is -0.942. The number of benzene rings is 1. The fraction of sp³-hybridized carbons (Fsp3) is 0.625. The van der Waals surface area contributed by atoms with Crippen LogP contribution in [-0.2, 0) is 20.7 Å². The maximum atomic E-state index is 13.4. The summed E-state index contributed by atoms with van der Waals surface area (Å²) in [5.74, 6) is -0.233. The van der Waals surface area contributed by atoms with Crippen LogP contribution in [0.5, 0.6) is 0 Å². The number of ether oxygens (including phenoxy) is 2.